The highest BCUT2D eigenvalue weighted by Crippen LogP contribution is 2.42. The van der Waals surface area contributed by atoms with E-state index in [1.54, 1.807) is 18.3 Å². The van der Waals surface area contributed by atoms with Crippen LogP contribution in [0.25, 0.3) is 5.69 Å². The number of aromatic nitrogens is 2. The first-order valence-corrected chi connectivity index (χ1v) is 12.0. The van der Waals surface area contributed by atoms with Crippen molar-refractivity contribution in [3.8, 4) is 5.69 Å². The summed E-state index contributed by atoms with van der Waals surface area (Å²) < 4.78 is 15.9. The molecule has 2 aromatic carbocycles. The molecule has 0 saturated carbocycles. The van der Waals surface area contributed by atoms with Gasteiger partial charge < -0.3 is 14.8 Å². The molecule has 34 heavy (non-hydrogen) atoms. The van der Waals surface area contributed by atoms with E-state index in [0.717, 1.165) is 22.8 Å². The first-order chi connectivity index (χ1) is 16.4. The lowest BCUT2D eigenvalue weighted by atomic mass is 9.99. The van der Waals surface area contributed by atoms with Gasteiger partial charge in [-0.15, -0.1) is 0 Å². The van der Waals surface area contributed by atoms with Crippen LogP contribution in [0, 0.1) is 5.82 Å². The van der Waals surface area contributed by atoms with E-state index in [1.807, 2.05) is 35.0 Å². The van der Waals surface area contributed by atoms with Gasteiger partial charge in [0, 0.05) is 29.5 Å². The van der Waals surface area contributed by atoms with E-state index in [4.69, 9.17) is 23.8 Å². The maximum absolute atomic E-state index is 13.9. The predicted molar refractivity (Wildman–Crippen MR) is 139 cm³/mol. The molecule has 1 N–H and O–H groups in total. The second kappa shape index (κ2) is 9.20. The molecule has 0 bridgehead atoms. The quantitative estimate of drug-likeness (QED) is 0.306. The lowest BCUT2D eigenvalue weighted by molar-refractivity contribution is 0.549. The minimum absolute atomic E-state index is 0.0830. The fourth-order valence-corrected chi connectivity index (χ4v) is 4.98. The molecule has 2 atom stereocenters. The maximum atomic E-state index is 13.9. The van der Waals surface area contributed by atoms with E-state index in [0.29, 0.717) is 11.0 Å². The molecule has 4 aromatic rings. The highest BCUT2D eigenvalue weighted by atomic mass is 35.5. The minimum atomic E-state index is -0.443. The van der Waals surface area contributed by atoms with Gasteiger partial charge >= 0.3 is 0 Å². The molecular formula is C27H24ClFN4S. The molecule has 1 fully saturated rings. The summed E-state index contributed by atoms with van der Waals surface area (Å²) in [6.45, 7) is 4.36. The molecule has 5 rings (SSSR count). The standard InChI is InChI=1S/C27H24ClFN4S/c1-17(2)18-8-10-19(11-9-18)33-26(25(31-27(33)34)23-6-3-4-14-30-23)24-7-5-15-32(24)20-12-13-22(29)21(28)16-20/h3-17,25-26H,1-2H3,(H,31,34)/t25-,26-/m0/s1. The van der Waals surface area contributed by atoms with Crippen LogP contribution in [-0.4, -0.2) is 14.7 Å². The van der Waals surface area contributed by atoms with Crippen LogP contribution in [0.4, 0.5) is 10.1 Å². The Hall–Kier alpha value is -3.22. The van der Waals surface area contributed by atoms with Gasteiger partial charge in [-0.2, -0.15) is 0 Å². The molecule has 0 amide bonds. The Morgan fingerprint density at radius 3 is 2.44 bits per heavy atom. The molecule has 3 heterocycles. The number of nitrogens with zero attached hydrogens (tertiary/aromatic N) is 3. The third-order valence-corrected chi connectivity index (χ3v) is 6.80. The van der Waals surface area contributed by atoms with Gasteiger partial charge in [0.25, 0.3) is 0 Å². The predicted octanol–water partition coefficient (Wildman–Crippen LogP) is 6.97. The minimum Gasteiger partial charge on any atom is -0.351 e. The second-order valence-corrected chi connectivity index (χ2v) is 9.44. The normalized spacial score (nSPS) is 17.9. The zero-order valence-corrected chi connectivity index (χ0v) is 20.4. The smallest absolute Gasteiger partial charge is 0.174 e. The third kappa shape index (κ3) is 4.08. The Labute approximate surface area is 209 Å². The fraction of sp³-hybridized carbons (Fsp3) is 0.185. The molecular weight excluding hydrogens is 467 g/mol. The summed E-state index contributed by atoms with van der Waals surface area (Å²) in [5.41, 5.74) is 4.91. The van der Waals surface area contributed by atoms with Crippen LogP contribution >= 0.6 is 23.8 Å². The number of thiocarbonyl (C=S) groups is 1. The lowest BCUT2D eigenvalue weighted by Crippen LogP contribution is -2.30. The molecule has 172 valence electrons. The maximum Gasteiger partial charge on any atom is 0.174 e. The molecule has 1 aliphatic rings. The summed E-state index contributed by atoms with van der Waals surface area (Å²) in [7, 11) is 0. The topological polar surface area (TPSA) is 33.1 Å². The van der Waals surface area contributed by atoms with Crippen molar-refractivity contribution in [1.82, 2.24) is 14.9 Å². The molecule has 1 saturated heterocycles. The van der Waals surface area contributed by atoms with Gasteiger partial charge in [-0.05, 0) is 78.3 Å². The van der Waals surface area contributed by atoms with Gasteiger partial charge in [0.15, 0.2) is 5.11 Å². The Morgan fingerprint density at radius 2 is 1.76 bits per heavy atom. The highest BCUT2D eigenvalue weighted by molar-refractivity contribution is 7.80. The van der Waals surface area contributed by atoms with Crippen molar-refractivity contribution in [2.24, 2.45) is 0 Å². The average molecular weight is 491 g/mol. The van der Waals surface area contributed by atoms with Crippen molar-refractivity contribution < 1.29 is 4.39 Å². The van der Waals surface area contributed by atoms with E-state index in [9.17, 15) is 4.39 Å². The summed E-state index contributed by atoms with van der Waals surface area (Å²) >= 11 is 12.0. The van der Waals surface area contributed by atoms with Gasteiger partial charge in [0.1, 0.15) is 11.9 Å². The molecule has 2 aromatic heterocycles. The van der Waals surface area contributed by atoms with Crippen LogP contribution in [0.2, 0.25) is 5.02 Å². The van der Waals surface area contributed by atoms with E-state index in [-0.39, 0.29) is 17.1 Å². The van der Waals surface area contributed by atoms with Gasteiger partial charge in [-0.25, -0.2) is 4.39 Å². The van der Waals surface area contributed by atoms with Crippen molar-refractivity contribution in [3.63, 3.8) is 0 Å². The second-order valence-electron chi connectivity index (χ2n) is 8.64. The van der Waals surface area contributed by atoms with Crippen molar-refractivity contribution in [1.29, 1.82) is 0 Å². The summed E-state index contributed by atoms with van der Waals surface area (Å²) in [5.74, 6) is -0.00344. The third-order valence-electron chi connectivity index (χ3n) is 6.20. The van der Waals surface area contributed by atoms with E-state index >= 15 is 0 Å². The molecule has 1 aliphatic heterocycles. The number of pyridine rings is 1. The zero-order chi connectivity index (χ0) is 23.8. The van der Waals surface area contributed by atoms with E-state index in [2.05, 4.69) is 59.4 Å². The van der Waals surface area contributed by atoms with Gasteiger partial charge in [-0.3, -0.25) is 4.98 Å². The average Bonchev–Trinajstić information content (AvgIpc) is 3.45. The molecule has 7 heteroatoms. The Kier molecular flexibility index (Phi) is 6.11. The number of nitrogens with one attached hydrogen (secondary N) is 1. The molecule has 0 aliphatic carbocycles. The van der Waals surface area contributed by atoms with Crippen LogP contribution < -0.4 is 10.2 Å². The Bertz CT molecular complexity index is 1320. The lowest BCUT2D eigenvalue weighted by Gasteiger charge is -2.29. The number of benzene rings is 2. The van der Waals surface area contributed by atoms with Gasteiger partial charge in [0.2, 0.25) is 0 Å². The van der Waals surface area contributed by atoms with Gasteiger partial charge in [0.05, 0.1) is 16.8 Å². The number of halogens is 2. The number of hydrogen-bond acceptors (Lipinski definition) is 2. The molecule has 4 nitrogen and oxygen atoms in total. The number of anilines is 1. The summed E-state index contributed by atoms with van der Waals surface area (Å²) in [6, 6.07) is 22.8. The molecule has 0 radical (unpaired) electrons. The van der Waals surface area contributed by atoms with Crippen molar-refractivity contribution in [2.75, 3.05) is 4.90 Å². The first-order valence-electron chi connectivity index (χ1n) is 11.2. The zero-order valence-electron chi connectivity index (χ0n) is 18.8. The first kappa shape index (κ1) is 22.6. The van der Waals surface area contributed by atoms with Crippen molar-refractivity contribution >= 4 is 34.6 Å². The van der Waals surface area contributed by atoms with Gasteiger partial charge in [-0.1, -0.05) is 43.6 Å². The number of hydrogen-bond donors (Lipinski definition) is 1. The van der Waals surface area contributed by atoms with E-state index < -0.39 is 5.82 Å². The largest absolute Gasteiger partial charge is 0.351 e. The van der Waals surface area contributed by atoms with Crippen LogP contribution in [-0.2, 0) is 0 Å². The van der Waals surface area contributed by atoms with Crippen LogP contribution in [0.3, 0.4) is 0 Å². The summed E-state index contributed by atoms with van der Waals surface area (Å²) in [4.78, 5) is 6.75. The highest BCUT2D eigenvalue weighted by Gasteiger charge is 2.42. The molecule has 0 unspecified atom stereocenters. The van der Waals surface area contributed by atoms with Crippen LogP contribution in [0.5, 0.6) is 0 Å². The Morgan fingerprint density at radius 1 is 1.00 bits per heavy atom. The van der Waals surface area contributed by atoms with Crippen LogP contribution in [0.15, 0.2) is 85.2 Å². The van der Waals surface area contributed by atoms with Crippen LogP contribution in [0.1, 0.15) is 48.8 Å². The Balaban J connectivity index is 1.64. The summed E-state index contributed by atoms with van der Waals surface area (Å²) in [5, 5.41) is 4.20. The van der Waals surface area contributed by atoms with Crippen molar-refractivity contribution in [3.05, 3.63) is 113 Å². The number of rotatable bonds is 5. The molecule has 0 spiro atoms. The fourth-order valence-electron chi connectivity index (χ4n) is 4.46. The van der Waals surface area contributed by atoms with Crippen molar-refractivity contribution in [2.45, 2.75) is 31.8 Å². The van der Waals surface area contributed by atoms with E-state index in [1.165, 1.54) is 11.6 Å². The summed E-state index contributed by atoms with van der Waals surface area (Å²) in [6.07, 6.45) is 3.74. The SMILES string of the molecule is CC(C)c1ccc(N2C(=S)N[C@@H](c3ccccn3)[C@@H]2c2cccn2-c2ccc(F)c(Cl)c2)cc1. The monoisotopic (exact) mass is 490 g/mol.